The number of hydrogen-bond acceptors (Lipinski definition) is 2. The Morgan fingerprint density at radius 2 is 1.91 bits per heavy atom. The topological polar surface area (TPSA) is 29.5 Å². The minimum Gasteiger partial charge on any atom is -0.482 e. The molecule has 0 fully saturated rings. The van der Waals surface area contributed by atoms with Crippen LogP contribution in [0.2, 0.25) is 5.02 Å². The molecule has 0 saturated carbocycles. The lowest BCUT2D eigenvalue weighted by Crippen LogP contribution is -2.39. The highest BCUT2D eigenvalue weighted by atomic mass is 35.5. The zero-order valence-electron chi connectivity index (χ0n) is 13.1. The third-order valence-electron chi connectivity index (χ3n) is 3.38. The first-order valence-electron chi connectivity index (χ1n) is 7.38. The van der Waals surface area contributed by atoms with Crippen LogP contribution in [0.4, 0.5) is 4.39 Å². The maximum atomic E-state index is 13.0. The molecule has 0 radical (unpaired) electrons. The monoisotopic (exact) mass is 335 g/mol. The van der Waals surface area contributed by atoms with Gasteiger partial charge in [-0.25, -0.2) is 4.39 Å². The Morgan fingerprint density at radius 1 is 1.22 bits per heavy atom. The van der Waals surface area contributed by atoms with E-state index in [9.17, 15) is 9.18 Å². The Morgan fingerprint density at radius 3 is 2.52 bits per heavy atom. The van der Waals surface area contributed by atoms with Crippen molar-refractivity contribution in [1.29, 1.82) is 0 Å². The fourth-order valence-electron chi connectivity index (χ4n) is 2.15. The second kappa shape index (κ2) is 7.97. The SMILES string of the molecule is CC(C)N(Cc1ccccc1)C(=O)COc1ccc(F)cc1Cl. The van der Waals surface area contributed by atoms with Gasteiger partial charge in [-0.1, -0.05) is 41.9 Å². The maximum Gasteiger partial charge on any atom is 0.261 e. The lowest BCUT2D eigenvalue weighted by atomic mass is 10.2. The Kier molecular flexibility index (Phi) is 5.99. The van der Waals surface area contributed by atoms with E-state index in [1.54, 1.807) is 4.90 Å². The first-order valence-corrected chi connectivity index (χ1v) is 7.76. The number of carbonyl (C=O) groups is 1. The molecule has 0 atom stereocenters. The number of nitrogens with zero attached hydrogens (tertiary/aromatic N) is 1. The normalized spacial score (nSPS) is 10.7. The molecule has 0 bridgehead atoms. The zero-order chi connectivity index (χ0) is 16.8. The maximum absolute atomic E-state index is 13.0. The average Bonchev–Trinajstić information content (AvgIpc) is 2.52. The summed E-state index contributed by atoms with van der Waals surface area (Å²) in [7, 11) is 0. The highest BCUT2D eigenvalue weighted by Gasteiger charge is 2.18. The van der Waals surface area contributed by atoms with Gasteiger partial charge < -0.3 is 9.64 Å². The van der Waals surface area contributed by atoms with E-state index in [2.05, 4.69) is 0 Å². The van der Waals surface area contributed by atoms with Crippen molar-refractivity contribution < 1.29 is 13.9 Å². The van der Waals surface area contributed by atoms with Gasteiger partial charge in [-0.3, -0.25) is 4.79 Å². The minimum absolute atomic E-state index is 0.0370. The predicted molar refractivity (Wildman–Crippen MR) is 89.0 cm³/mol. The van der Waals surface area contributed by atoms with E-state index in [0.29, 0.717) is 12.3 Å². The molecule has 0 aliphatic heterocycles. The molecule has 3 nitrogen and oxygen atoms in total. The number of ether oxygens (including phenoxy) is 1. The number of halogens is 2. The van der Waals surface area contributed by atoms with Crippen LogP contribution in [0.5, 0.6) is 5.75 Å². The third kappa shape index (κ3) is 4.96. The quantitative estimate of drug-likeness (QED) is 0.788. The Hall–Kier alpha value is -2.07. The number of carbonyl (C=O) groups excluding carboxylic acids is 1. The van der Waals surface area contributed by atoms with Crippen molar-refractivity contribution in [2.45, 2.75) is 26.4 Å². The van der Waals surface area contributed by atoms with E-state index in [1.165, 1.54) is 12.1 Å². The smallest absolute Gasteiger partial charge is 0.261 e. The van der Waals surface area contributed by atoms with Crippen LogP contribution in [0.15, 0.2) is 48.5 Å². The Labute approximate surface area is 140 Å². The molecule has 0 aliphatic rings. The highest BCUT2D eigenvalue weighted by Crippen LogP contribution is 2.25. The summed E-state index contributed by atoms with van der Waals surface area (Å²) in [5, 5.41) is 0.150. The molecule has 23 heavy (non-hydrogen) atoms. The number of benzene rings is 2. The zero-order valence-corrected chi connectivity index (χ0v) is 13.9. The number of amides is 1. The Bertz CT molecular complexity index is 661. The van der Waals surface area contributed by atoms with Gasteiger partial charge in [0, 0.05) is 12.6 Å². The van der Waals surface area contributed by atoms with Gasteiger partial charge >= 0.3 is 0 Å². The molecule has 1 amide bonds. The van der Waals surface area contributed by atoms with Crippen molar-refractivity contribution in [1.82, 2.24) is 4.90 Å². The van der Waals surface area contributed by atoms with E-state index in [0.717, 1.165) is 11.6 Å². The fourth-order valence-corrected chi connectivity index (χ4v) is 2.38. The van der Waals surface area contributed by atoms with Crippen molar-refractivity contribution in [3.05, 3.63) is 64.9 Å². The van der Waals surface area contributed by atoms with Crippen molar-refractivity contribution in [2.75, 3.05) is 6.61 Å². The van der Waals surface area contributed by atoms with Crippen LogP contribution in [0, 0.1) is 5.82 Å². The molecule has 5 heteroatoms. The molecule has 2 aromatic carbocycles. The summed E-state index contributed by atoms with van der Waals surface area (Å²) in [6.07, 6.45) is 0. The molecule has 0 heterocycles. The first-order chi connectivity index (χ1) is 11.0. The molecule has 0 N–H and O–H groups in total. The molecular weight excluding hydrogens is 317 g/mol. The van der Waals surface area contributed by atoms with Gasteiger partial charge in [0.15, 0.2) is 6.61 Å². The standard InChI is InChI=1S/C18H19ClFNO2/c1-13(2)21(11-14-6-4-3-5-7-14)18(22)12-23-17-9-8-15(20)10-16(17)19/h3-10,13H,11-12H2,1-2H3. The summed E-state index contributed by atoms with van der Waals surface area (Å²) < 4.78 is 18.4. The molecule has 0 unspecified atom stereocenters. The van der Waals surface area contributed by atoms with Crippen LogP contribution in [0.1, 0.15) is 19.4 Å². The summed E-state index contributed by atoms with van der Waals surface area (Å²) in [4.78, 5) is 14.2. The van der Waals surface area contributed by atoms with Crippen LogP contribution in [0.3, 0.4) is 0 Å². The van der Waals surface area contributed by atoms with Gasteiger partial charge in [0.05, 0.1) is 5.02 Å². The molecular formula is C18H19ClFNO2. The summed E-state index contributed by atoms with van der Waals surface area (Å²) in [5.41, 5.74) is 1.05. The van der Waals surface area contributed by atoms with Crippen LogP contribution in [-0.2, 0) is 11.3 Å². The summed E-state index contributed by atoms with van der Waals surface area (Å²) in [5.74, 6) is -0.296. The van der Waals surface area contributed by atoms with Crippen LogP contribution in [-0.4, -0.2) is 23.5 Å². The van der Waals surface area contributed by atoms with Crippen molar-refractivity contribution in [3.8, 4) is 5.75 Å². The second-order valence-corrected chi connectivity index (χ2v) is 5.87. The van der Waals surface area contributed by atoms with Gasteiger partial charge in [-0.2, -0.15) is 0 Å². The molecule has 2 rings (SSSR count). The molecule has 0 aromatic heterocycles. The van der Waals surface area contributed by atoms with Crippen LogP contribution in [0.25, 0.3) is 0 Å². The average molecular weight is 336 g/mol. The van der Waals surface area contributed by atoms with Crippen molar-refractivity contribution in [3.63, 3.8) is 0 Å². The van der Waals surface area contributed by atoms with E-state index in [1.807, 2.05) is 44.2 Å². The van der Waals surface area contributed by atoms with Gasteiger partial charge in [-0.15, -0.1) is 0 Å². The number of rotatable bonds is 6. The fraction of sp³-hybridized carbons (Fsp3) is 0.278. The lowest BCUT2D eigenvalue weighted by molar-refractivity contribution is -0.135. The summed E-state index contributed by atoms with van der Waals surface area (Å²) in [6, 6.07) is 13.6. The largest absolute Gasteiger partial charge is 0.482 e. The van der Waals surface area contributed by atoms with Gasteiger partial charge in [0.1, 0.15) is 11.6 Å². The summed E-state index contributed by atoms with van der Waals surface area (Å²) in [6.45, 7) is 4.27. The van der Waals surface area contributed by atoms with E-state index < -0.39 is 5.82 Å². The summed E-state index contributed by atoms with van der Waals surface area (Å²) >= 11 is 5.89. The molecule has 0 spiro atoms. The molecule has 122 valence electrons. The van der Waals surface area contributed by atoms with Crippen LogP contribution < -0.4 is 4.74 Å². The molecule has 2 aromatic rings. The molecule has 0 aliphatic carbocycles. The first kappa shape index (κ1) is 17.3. The van der Waals surface area contributed by atoms with Crippen molar-refractivity contribution in [2.24, 2.45) is 0 Å². The van der Waals surface area contributed by atoms with Gasteiger partial charge in [0.2, 0.25) is 0 Å². The van der Waals surface area contributed by atoms with Gasteiger partial charge in [0.25, 0.3) is 5.91 Å². The third-order valence-corrected chi connectivity index (χ3v) is 3.68. The van der Waals surface area contributed by atoms with E-state index in [4.69, 9.17) is 16.3 Å². The van der Waals surface area contributed by atoms with E-state index >= 15 is 0 Å². The predicted octanol–water partition coefficient (Wildman–Crippen LogP) is 4.30. The minimum atomic E-state index is -0.443. The lowest BCUT2D eigenvalue weighted by Gasteiger charge is -2.27. The Balaban J connectivity index is 2.01. The van der Waals surface area contributed by atoms with Crippen molar-refractivity contribution >= 4 is 17.5 Å². The number of hydrogen-bond donors (Lipinski definition) is 0. The van der Waals surface area contributed by atoms with Crippen LogP contribution >= 0.6 is 11.6 Å². The van der Waals surface area contributed by atoms with E-state index in [-0.39, 0.29) is 23.6 Å². The second-order valence-electron chi connectivity index (χ2n) is 5.46. The molecule has 0 saturated heterocycles. The van der Waals surface area contributed by atoms with Gasteiger partial charge in [-0.05, 0) is 37.6 Å². The highest BCUT2D eigenvalue weighted by molar-refractivity contribution is 6.32.